The van der Waals surface area contributed by atoms with Gasteiger partial charge < -0.3 is 19.8 Å². The van der Waals surface area contributed by atoms with Crippen LogP contribution in [-0.2, 0) is 23.2 Å². The van der Waals surface area contributed by atoms with Crippen molar-refractivity contribution in [1.82, 2.24) is 5.32 Å². The molecule has 3 unspecified atom stereocenters. The predicted octanol–water partition coefficient (Wildman–Crippen LogP) is 1.25. The van der Waals surface area contributed by atoms with Crippen LogP contribution < -0.4 is 5.32 Å². The molecule has 3 N–H and O–H groups in total. The number of nitrogens with one attached hydrogen (secondary N) is 1. The van der Waals surface area contributed by atoms with E-state index >= 15 is 0 Å². The molecular formula is C18H36N2O7P+. The zero-order chi connectivity index (χ0) is 22.0. The number of nitrogens with zero attached hydrogens (tertiary/aromatic N) is 1. The van der Waals surface area contributed by atoms with E-state index in [1.807, 2.05) is 28.1 Å². The lowest BCUT2D eigenvalue weighted by Crippen LogP contribution is -2.46. The highest BCUT2D eigenvalue weighted by Crippen LogP contribution is 2.43. The number of rotatable bonds is 14. The van der Waals surface area contributed by atoms with E-state index in [0.717, 1.165) is 0 Å². The maximum Gasteiger partial charge on any atom is 0.472 e. The minimum Gasteiger partial charge on any atom is -0.387 e. The first-order chi connectivity index (χ1) is 12.8. The molecule has 0 rings (SSSR count). The third-order valence-corrected chi connectivity index (χ3v) is 4.72. The van der Waals surface area contributed by atoms with Crippen molar-refractivity contribution in [3.8, 4) is 0 Å². The van der Waals surface area contributed by atoms with Crippen molar-refractivity contribution in [3.63, 3.8) is 0 Å². The highest BCUT2D eigenvalue weighted by Gasteiger charge is 2.28. The van der Waals surface area contributed by atoms with Crippen LogP contribution in [0.3, 0.4) is 0 Å². The standard InChI is InChI=1S/C18H35N2O7P/c1-7-8-9-16(21)15(19-18(23)12-17(22)14(2)3)13-27-28(24,25)26-11-10-20(4,5)6/h8-9,14-16,21H,7,10-13H2,1-6H3,(H-,19,23,24,25)/p+1. The van der Waals surface area contributed by atoms with E-state index in [1.54, 1.807) is 19.9 Å². The number of carbonyl (C=O) groups is 2. The Morgan fingerprint density at radius 2 is 1.82 bits per heavy atom. The number of allylic oxidation sites excluding steroid dienone is 1. The summed E-state index contributed by atoms with van der Waals surface area (Å²) in [6.45, 7) is 5.30. The number of likely N-dealkylation sites (N-methyl/N-ethyl adjacent to an activating group) is 1. The lowest BCUT2D eigenvalue weighted by Gasteiger charge is -2.25. The topological polar surface area (TPSA) is 122 Å². The fourth-order valence-corrected chi connectivity index (χ4v) is 2.63. The van der Waals surface area contributed by atoms with E-state index in [-0.39, 0.29) is 24.7 Å². The van der Waals surface area contributed by atoms with Crippen LogP contribution in [0.25, 0.3) is 0 Å². The lowest BCUT2D eigenvalue weighted by atomic mass is 10.1. The van der Waals surface area contributed by atoms with Gasteiger partial charge in [-0.05, 0) is 6.42 Å². The van der Waals surface area contributed by atoms with E-state index in [4.69, 9.17) is 9.05 Å². The van der Waals surface area contributed by atoms with Crippen molar-refractivity contribution in [2.75, 3.05) is 40.9 Å². The predicted molar refractivity (Wildman–Crippen MR) is 106 cm³/mol. The number of amides is 1. The summed E-state index contributed by atoms with van der Waals surface area (Å²) < 4.78 is 22.4. The number of phosphoric ester groups is 1. The van der Waals surface area contributed by atoms with Crippen molar-refractivity contribution in [3.05, 3.63) is 12.2 Å². The summed E-state index contributed by atoms with van der Waals surface area (Å²) in [6, 6.07) is -1.00. The second-order valence-electron chi connectivity index (χ2n) is 7.91. The van der Waals surface area contributed by atoms with Gasteiger partial charge >= 0.3 is 7.82 Å². The number of hydrogen-bond acceptors (Lipinski definition) is 6. The Labute approximate surface area is 167 Å². The van der Waals surface area contributed by atoms with E-state index in [1.165, 1.54) is 6.08 Å². The molecule has 0 fully saturated rings. The van der Waals surface area contributed by atoms with Gasteiger partial charge in [0.1, 0.15) is 18.9 Å². The normalized spacial score (nSPS) is 16.8. The fraction of sp³-hybridized carbons (Fsp3) is 0.778. The third-order valence-electron chi connectivity index (χ3n) is 3.74. The monoisotopic (exact) mass is 423 g/mol. The number of aliphatic hydroxyl groups excluding tert-OH is 1. The van der Waals surface area contributed by atoms with E-state index in [9.17, 15) is 24.2 Å². The molecule has 0 aromatic rings. The Kier molecular flexibility index (Phi) is 12.0. The van der Waals surface area contributed by atoms with Crippen LogP contribution in [0.1, 0.15) is 33.6 Å². The minimum absolute atomic E-state index is 0.00941. The van der Waals surface area contributed by atoms with Crippen LogP contribution >= 0.6 is 7.82 Å². The molecule has 0 heterocycles. The van der Waals surface area contributed by atoms with Crippen molar-refractivity contribution in [1.29, 1.82) is 0 Å². The van der Waals surface area contributed by atoms with Crippen molar-refractivity contribution < 1.29 is 37.7 Å². The summed E-state index contributed by atoms with van der Waals surface area (Å²) in [5.41, 5.74) is 0. The zero-order valence-corrected chi connectivity index (χ0v) is 18.6. The Morgan fingerprint density at radius 3 is 2.32 bits per heavy atom. The maximum absolute atomic E-state index is 12.1. The molecule has 10 heteroatoms. The molecule has 0 radical (unpaired) electrons. The molecule has 0 aromatic heterocycles. The molecule has 0 saturated heterocycles. The van der Waals surface area contributed by atoms with Gasteiger partial charge in [0, 0.05) is 5.92 Å². The number of aliphatic hydroxyl groups is 1. The number of hydrogen-bond donors (Lipinski definition) is 3. The highest BCUT2D eigenvalue weighted by atomic mass is 31.2. The maximum atomic E-state index is 12.1. The Bertz CT molecular complexity index is 573. The summed E-state index contributed by atoms with van der Waals surface area (Å²) in [5, 5.41) is 12.7. The first-order valence-electron chi connectivity index (χ1n) is 9.36. The van der Waals surface area contributed by atoms with Crippen molar-refractivity contribution >= 4 is 19.5 Å². The first-order valence-corrected chi connectivity index (χ1v) is 10.9. The average molecular weight is 423 g/mol. The number of carbonyl (C=O) groups excluding carboxylic acids is 2. The van der Waals surface area contributed by atoms with Gasteiger partial charge in [0.25, 0.3) is 0 Å². The molecule has 1 amide bonds. The van der Waals surface area contributed by atoms with Crippen LogP contribution in [0.15, 0.2) is 12.2 Å². The van der Waals surface area contributed by atoms with Gasteiger partial charge in [-0.3, -0.25) is 18.6 Å². The summed E-state index contributed by atoms with van der Waals surface area (Å²) in [6.07, 6.45) is 2.33. The SMILES string of the molecule is CCC=CC(O)C(COP(=O)(O)OCC[N+](C)(C)C)NC(=O)CC(=O)C(C)C. The molecule has 164 valence electrons. The number of Topliss-reactive ketones (excluding diaryl/α,β-unsaturated/α-hetero) is 1. The first kappa shape index (κ1) is 26.9. The molecular weight excluding hydrogens is 387 g/mol. The molecule has 0 saturated carbocycles. The molecule has 0 bridgehead atoms. The molecule has 0 aliphatic rings. The number of ketones is 1. The van der Waals surface area contributed by atoms with Gasteiger partial charge in [-0.15, -0.1) is 0 Å². The van der Waals surface area contributed by atoms with Crippen LogP contribution in [0, 0.1) is 5.92 Å². The minimum atomic E-state index is -4.35. The van der Waals surface area contributed by atoms with E-state index in [2.05, 4.69) is 5.32 Å². The molecule has 28 heavy (non-hydrogen) atoms. The van der Waals surface area contributed by atoms with Crippen LogP contribution in [-0.4, -0.2) is 79.2 Å². The van der Waals surface area contributed by atoms with E-state index < -0.39 is 32.5 Å². The van der Waals surface area contributed by atoms with Crippen molar-refractivity contribution in [2.45, 2.75) is 45.8 Å². The number of phosphoric acid groups is 1. The Balaban J connectivity index is 4.88. The van der Waals surface area contributed by atoms with Crippen LogP contribution in [0.2, 0.25) is 0 Å². The smallest absolute Gasteiger partial charge is 0.387 e. The second kappa shape index (κ2) is 12.5. The van der Waals surface area contributed by atoms with Crippen molar-refractivity contribution in [2.24, 2.45) is 5.92 Å². The highest BCUT2D eigenvalue weighted by molar-refractivity contribution is 7.47. The van der Waals surface area contributed by atoms with Gasteiger partial charge in [0.15, 0.2) is 0 Å². The van der Waals surface area contributed by atoms with Gasteiger partial charge in [0.05, 0.1) is 46.3 Å². The fourth-order valence-electron chi connectivity index (χ4n) is 1.90. The molecule has 0 aliphatic heterocycles. The summed E-state index contributed by atoms with van der Waals surface area (Å²) in [7, 11) is 1.38. The van der Waals surface area contributed by atoms with Gasteiger partial charge in [-0.1, -0.05) is 32.9 Å². The molecule has 0 aliphatic carbocycles. The Morgan fingerprint density at radius 1 is 1.21 bits per heavy atom. The molecule has 9 nitrogen and oxygen atoms in total. The molecule has 0 aromatic carbocycles. The Hall–Kier alpha value is -1.09. The average Bonchev–Trinajstić information content (AvgIpc) is 2.54. The lowest BCUT2D eigenvalue weighted by molar-refractivity contribution is -0.870. The zero-order valence-electron chi connectivity index (χ0n) is 17.8. The largest absolute Gasteiger partial charge is 0.472 e. The van der Waals surface area contributed by atoms with Gasteiger partial charge in [-0.25, -0.2) is 4.57 Å². The summed E-state index contributed by atoms with van der Waals surface area (Å²) in [4.78, 5) is 33.6. The van der Waals surface area contributed by atoms with Gasteiger partial charge in [-0.2, -0.15) is 0 Å². The number of quaternary nitrogens is 1. The second-order valence-corrected chi connectivity index (χ2v) is 9.36. The summed E-state index contributed by atoms with van der Waals surface area (Å²) in [5.74, 6) is -1.13. The molecule has 0 spiro atoms. The quantitative estimate of drug-likeness (QED) is 0.166. The molecule has 3 atom stereocenters. The van der Waals surface area contributed by atoms with E-state index in [0.29, 0.717) is 17.4 Å². The van der Waals surface area contributed by atoms with Gasteiger partial charge in [0.2, 0.25) is 5.91 Å². The summed E-state index contributed by atoms with van der Waals surface area (Å²) >= 11 is 0. The van der Waals surface area contributed by atoms with Crippen LogP contribution in [0.4, 0.5) is 0 Å². The van der Waals surface area contributed by atoms with Crippen LogP contribution in [0.5, 0.6) is 0 Å². The third kappa shape index (κ3) is 13.1.